The second-order valence-corrected chi connectivity index (χ2v) is 8.96. The molecule has 1 aromatic rings. The molecule has 0 spiro atoms. The third kappa shape index (κ3) is 3.55. The van der Waals surface area contributed by atoms with Crippen LogP contribution in [-0.2, 0) is 10.0 Å². The number of nitrogens with two attached hydrogens (primary N) is 1. The molecule has 0 atom stereocenters. The maximum Gasteiger partial charge on any atom is 0.242 e. The Morgan fingerprint density at radius 3 is 2.37 bits per heavy atom. The van der Waals surface area contributed by atoms with E-state index in [-0.39, 0.29) is 9.88 Å². The van der Waals surface area contributed by atoms with Gasteiger partial charge in [-0.3, -0.25) is 0 Å². The van der Waals surface area contributed by atoms with Crippen LogP contribution in [0.4, 0.5) is 0 Å². The van der Waals surface area contributed by atoms with Gasteiger partial charge in [0.05, 0.1) is 19.2 Å². The molecule has 0 aromatic carbocycles. The predicted molar refractivity (Wildman–Crippen MR) is 87.2 cm³/mol. The lowest BCUT2D eigenvalue weighted by molar-refractivity contribution is 0.465. The Hall–Kier alpha value is -0.0200. The van der Waals surface area contributed by atoms with E-state index in [1.165, 1.54) is 11.3 Å². The van der Waals surface area contributed by atoms with E-state index in [1.807, 2.05) is 13.8 Å². The van der Waals surface area contributed by atoms with E-state index in [9.17, 15) is 8.42 Å². The molecule has 0 radical (unpaired) electrons. The Kier molecular flexibility index (Phi) is 5.53. The number of halogens is 1. The van der Waals surface area contributed by atoms with E-state index in [4.69, 9.17) is 18.0 Å². The molecule has 0 aliphatic heterocycles. The lowest BCUT2D eigenvalue weighted by atomic mass is 9.94. The van der Waals surface area contributed by atoms with Crippen LogP contribution in [0.3, 0.4) is 0 Å². The smallest absolute Gasteiger partial charge is 0.242 e. The van der Waals surface area contributed by atoms with Crippen molar-refractivity contribution in [2.45, 2.75) is 44.0 Å². The number of sulfonamides is 1. The molecule has 0 amide bonds. The molecule has 0 aliphatic rings. The highest BCUT2D eigenvalue weighted by atomic mass is 79.9. The van der Waals surface area contributed by atoms with Crippen LogP contribution in [0.5, 0.6) is 0 Å². The Bertz CT molecular complexity index is 577. The van der Waals surface area contributed by atoms with Gasteiger partial charge in [-0.25, -0.2) is 8.42 Å². The summed E-state index contributed by atoms with van der Waals surface area (Å²) in [6.07, 6.45) is 1.03. The second-order valence-electron chi connectivity index (χ2n) is 4.23. The fourth-order valence-electron chi connectivity index (χ4n) is 1.80. The summed E-state index contributed by atoms with van der Waals surface area (Å²) in [5.41, 5.74) is 4.85. The topological polar surface area (TPSA) is 72.2 Å². The number of thiophene rings is 1. The van der Waals surface area contributed by atoms with Gasteiger partial charge in [0, 0.05) is 4.88 Å². The molecule has 0 aliphatic carbocycles. The van der Waals surface area contributed by atoms with Gasteiger partial charge < -0.3 is 5.73 Å². The standard InChI is InChI=1S/C11H17BrN2O2S3/c1-4-11(5-2,10(13)17)14-19(15,16)8-6-9(12)18-7(8)3/h6,14H,4-5H2,1-3H3,(H2,13,17). The third-order valence-corrected chi connectivity index (χ3v) is 6.88. The number of aryl methyl sites for hydroxylation is 1. The molecule has 4 nitrogen and oxygen atoms in total. The number of thiocarbonyl (C=S) groups is 1. The van der Waals surface area contributed by atoms with Crippen LogP contribution in [0.1, 0.15) is 31.6 Å². The van der Waals surface area contributed by atoms with Gasteiger partial charge in [0.25, 0.3) is 0 Å². The monoisotopic (exact) mass is 384 g/mol. The van der Waals surface area contributed by atoms with Crippen molar-refractivity contribution in [2.75, 3.05) is 0 Å². The van der Waals surface area contributed by atoms with Gasteiger partial charge in [-0.1, -0.05) is 26.1 Å². The first-order valence-electron chi connectivity index (χ1n) is 5.78. The van der Waals surface area contributed by atoms with Gasteiger partial charge in [-0.15, -0.1) is 11.3 Å². The molecule has 3 N–H and O–H groups in total. The number of hydrogen-bond donors (Lipinski definition) is 2. The van der Waals surface area contributed by atoms with E-state index in [1.54, 1.807) is 13.0 Å². The Morgan fingerprint density at radius 2 is 2.05 bits per heavy atom. The highest BCUT2D eigenvalue weighted by Crippen LogP contribution is 2.31. The number of rotatable bonds is 6. The summed E-state index contributed by atoms with van der Waals surface area (Å²) >= 11 is 9.70. The quantitative estimate of drug-likeness (QED) is 0.739. The first-order chi connectivity index (χ1) is 8.68. The minimum absolute atomic E-state index is 0.174. The van der Waals surface area contributed by atoms with E-state index >= 15 is 0 Å². The van der Waals surface area contributed by atoms with E-state index in [0.29, 0.717) is 12.8 Å². The number of hydrogen-bond acceptors (Lipinski definition) is 4. The first kappa shape index (κ1) is 17.0. The van der Waals surface area contributed by atoms with Crippen LogP contribution in [-0.4, -0.2) is 18.9 Å². The van der Waals surface area contributed by atoms with Crippen molar-refractivity contribution in [3.05, 3.63) is 14.7 Å². The molecule has 1 heterocycles. The maximum atomic E-state index is 12.5. The van der Waals surface area contributed by atoms with Crippen LogP contribution >= 0.6 is 39.5 Å². The number of nitrogens with one attached hydrogen (secondary N) is 1. The molecule has 1 rings (SSSR count). The van der Waals surface area contributed by atoms with E-state index in [2.05, 4.69) is 20.7 Å². The summed E-state index contributed by atoms with van der Waals surface area (Å²) in [6, 6.07) is 1.60. The lowest BCUT2D eigenvalue weighted by Gasteiger charge is -2.31. The molecule has 8 heteroatoms. The van der Waals surface area contributed by atoms with Gasteiger partial charge in [0.1, 0.15) is 0 Å². The van der Waals surface area contributed by atoms with Crippen LogP contribution < -0.4 is 10.5 Å². The summed E-state index contributed by atoms with van der Waals surface area (Å²) in [6.45, 7) is 5.49. The zero-order valence-corrected chi connectivity index (χ0v) is 15.0. The Morgan fingerprint density at radius 1 is 1.53 bits per heavy atom. The summed E-state index contributed by atoms with van der Waals surface area (Å²) in [5, 5.41) is 0. The van der Waals surface area contributed by atoms with Gasteiger partial charge in [-0.05, 0) is 41.8 Å². The van der Waals surface area contributed by atoms with Gasteiger partial charge in [-0.2, -0.15) is 4.72 Å². The van der Waals surface area contributed by atoms with Gasteiger partial charge in [0.2, 0.25) is 10.0 Å². The van der Waals surface area contributed by atoms with E-state index in [0.717, 1.165) is 8.66 Å². The van der Waals surface area contributed by atoms with Gasteiger partial charge >= 0.3 is 0 Å². The minimum atomic E-state index is -3.63. The zero-order chi connectivity index (χ0) is 14.8. The zero-order valence-electron chi connectivity index (χ0n) is 11.0. The molecule has 0 fully saturated rings. The normalized spacial score (nSPS) is 12.6. The van der Waals surface area contributed by atoms with Crippen LogP contribution in [0, 0.1) is 6.92 Å². The molecule has 108 valence electrons. The average Bonchev–Trinajstić information content (AvgIpc) is 2.66. The van der Waals surface area contributed by atoms with Crippen molar-refractivity contribution in [2.24, 2.45) is 5.73 Å². The Labute approximate surface area is 132 Å². The maximum absolute atomic E-state index is 12.5. The van der Waals surface area contributed by atoms with Crippen molar-refractivity contribution < 1.29 is 8.42 Å². The van der Waals surface area contributed by atoms with Crippen molar-refractivity contribution >= 4 is 54.5 Å². The highest BCUT2D eigenvalue weighted by Gasteiger charge is 2.35. The summed E-state index contributed by atoms with van der Waals surface area (Å²) in [5.74, 6) is 0. The largest absolute Gasteiger partial charge is 0.392 e. The fourth-order valence-corrected chi connectivity index (χ4v) is 6.15. The van der Waals surface area contributed by atoms with Crippen LogP contribution in [0.25, 0.3) is 0 Å². The highest BCUT2D eigenvalue weighted by molar-refractivity contribution is 9.11. The lowest BCUT2D eigenvalue weighted by Crippen LogP contribution is -2.55. The average molecular weight is 385 g/mol. The second kappa shape index (κ2) is 6.17. The van der Waals surface area contributed by atoms with Crippen LogP contribution in [0.15, 0.2) is 14.7 Å². The molecule has 0 saturated carbocycles. The van der Waals surface area contributed by atoms with E-state index < -0.39 is 15.6 Å². The van der Waals surface area contributed by atoms with Crippen molar-refractivity contribution in [3.63, 3.8) is 0 Å². The molecule has 1 aromatic heterocycles. The summed E-state index contributed by atoms with van der Waals surface area (Å²) < 4.78 is 28.4. The minimum Gasteiger partial charge on any atom is -0.392 e. The SMILES string of the molecule is CCC(CC)(NS(=O)(=O)c1cc(Br)sc1C)C(N)=S. The first-order valence-corrected chi connectivity index (χ1v) is 9.28. The third-order valence-electron chi connectivity index (χ3n) is 3.14. The Balaban J connectivity index is 3.22. The molecular formula is C11H17BrN2O2S3. The van der Waals surface area contributed by atoms with Gasteiger partial charge in [0.15, 0.2) is 0 Å². The summed E-state index contributed by atoms with van der Waals surface area (Å²) in [7, 11) is -3.63. The molecule has 0 bridgehead atoms. The molecule has 0 unspecified atom stereocenters. The van der Waals surface area contributed by atoms with Crippen molar-refractivity contribution in [1.82, 2.24) is 4.72 Å². The van der Waals surface area contributed by atoms with Crippen molar-refractivity contribution in [3.8, 4) is 0 Å². The fraction of sp³-hybridized carbons (Fsp3) is 0.545. The predicted octanol–water partition coefficient (Wildman–Crippen LogP) is 2.94. The van der Waals surface area contributed by atoms with Crippen molar-refractivity contribution in [1.29, 1.82) is 0 Å². The molecular weight excluding hydrogens is 368 g/mol. The molecule has 0 saturated heterocycles. The molecule has 19 heavy (non-hydrogen) atoms. The summed E-state index contributed by atoms with van der Waals surface area (Å²) in [4.78, 5) is 1.17. The van der Waals surface area contributed by atoms with Crippen LogP contribution in [0.2, 0.25) is 0 Å².